The van der Waals surface area contributed by atoms with Gasteiger partial charge in [0.15, 0.2) is 0 Å². The summed E-state index contributed by atoms with van der Waals surface area (Å²) in [6.07, 6.45) is 7.29. The van der Waals surface area contributed by atoms with E-state index in [1.807, 2.05) is 0 Å². The third-order valence-electron chi connectivity index (χ3n) is 6.76. The van der Waals surface area contributed by atoms with Crippen molar-refractivity contribution in [2.24, 2.45) is 11.8 Å². The Morgan fingerprint density at radius 3 is 2.54 bits per heavy atom. The van der Waals surface area contributed by atoms with Gasteiger partial charge in [0.25, 0.3) is 0 Å². The van der Waals surface area contributed by atoms with Crippen LogP contribution in [-0.2, 0) is 4.79 Å². The summed E-state index contributed by atoms with van der Waals surface area (Å²) in [6.45, 7) is 7.77. The molecular weight excluding hydrogens is 322 g/mol. The molecule has 1 unspecified atom stereocenters. The van der Waals surface area contributed by atoms with E-state index in [-0.39, 0.29) is 5.92 Å². The van der Waals surface area contributed by atoms with Gasteiger partial charge in [-0.3, -0.25) is 9.69 Å². The summed E-state index contributed by atoms with van der Waals surface area (Å²) in [5, 5.41) is 3.26. The molecule has 1 aromatic carbocycles. The number of carbonyl (C=O) groups is 1. The fourth-order valence-corrected chi connectivity index (χ4v) is 5.17. The van der Waals surface area contributed by atoms with E-state index < -0.39 is 0 Å². The quantitative estimate of drug-likeness (QED) is 0.881. The highest BCUT2D eigenvalue weighted by Gasteiger charge is 2.42. The van der Waals surface area contributed by atoms with Gasteiger partial charge in [-0.2, -0.15) is 0 Å². The highest BCUT2D eigenvalue weighted by Crippen LogP contribution is 2.37. The van der Waals surface area contributed by atoms with Gasteiger partial charge in [0.2, 0.25) is 5.91 Å². The van der Waals surface area contributed by atoms with Crippen molar-refractivity contribution in [3.63, 3.8) is 0 Å². The normalized spacial score (nSPS) is 29.5. The molecule has 4 nitrogen and oxygen atoms in total. The zero-order valence-electron chi connectivity index (χ0n) is 16.1. The Hall–Kier alpha value is -1.55. The second kappa shape index (κ2) is 7.99. The Labute approximate surface area is 157 Å². The summed E-state index contributed by atoms with van der Waals surface area (Å²) in [5.74, 6) is 1.25. The molecule has 3 atom stereocenters. The molecular formula is C22H33N3O. The second-order valence-corrected chi connectivity index (χ2v) is 8.48. The van der Waals surface area contributed by atoms with Crippen LogP contribution in [0.3, 0.4) is 0 Å². The van der Waals surface area contributed by atoms with Gasteiger partial charge in [0, 0.05) is 43.8 Å². The number of nitrogens with one attached hydrogen (secondary N) is 1. The van der Waals surface area contributed by atoms with Gasteiger partial charge in [-0.15, -0.1) is 0 Å². The zero-order valence-corrected chi connectivity index (χ0v) is 16.1. The lowest BCUT2D eigenvalue weighted by Gasteiger charge is -2.36. The molecule has 3 aliphatic rings. The van der Waals surface area contributed by atoms with Crippen molar-refractivity contribution >= 4 is 11.6 Å². The van der Waals surface area contributed by atoms with E-state index in [9.17, 15) is 4.79 Å². The Balaban J connectivity index is 1.20. The molecule has 26 heavy (non-hydrogen) atoms. The van der Waals surface area contributed by atoms with Crippen LogP contribution in [0, 0.1) is 18.8 Å². The first-order chi connectivity index (χ1) is 12.7. The van der Waals surface area contributed by atoms with Crippen LogP contribution < -0.4 is 10.2 Å². The lowest BCUT2D eigenvalue weighted by molar-refractivity contribution is -0.123. The number of hydrogen-bond donors (Lipinski definition) is 1. The maximum atomic E-state index is 12.3. The second-order valence-electron chi connectivity index (χ2n) is 8.48. The average molecular weight is 356 g/mol. The molecule has 4 rings (SSSR count). The Kier molecular flexibility index (Phi) is 5.49. The van der Waals surface area contributed by atoms with E-state index in [4.69, 9.17) is 0 Å². The van der Waals surface area contributed by atoms with Crippen LogP contribution in [0.2, 0.25) is 0 Å². The highest BCUT2D eigenvalue weighted by molar-refractivity contribution is 5.81. The number of fused-ring (bicyclic) bond motifs is 1. The molecule has 3 fully saturated rings. The molecule has 0 aromatic heterocycles. The summed E-state index contributed by atoms with van der Waals surface area (Å²) in [6, 6.07) is 9.37. The molecule has 1 N–H and O–H groups in total. The number of hydrogen-bond acceptors (Lipinski definition) is 3. The molecule has 1 aromatic rings. The number of aryl methyl sites for hydroxylation is 1. The van der Waals surface area contributed by atoms with Crippen molar-refractivity contribution in [2.75, 3.05) is 37.6 Å². The van der Waals surface area contributed by atoms with Gasteiger partial charge >= 0.3 is 0 Å². The van der Waals surface area contributed by atoms with Gasteiger partial charge in [-0.05, 0) is 57.2 Å². The molecule has 0 spiro atoms. The van der Waals surface area contributed by atoms with E-state index in [2.05, 4.69) is 46.3 Å². The number of piperazine rings is 1. The summed E-state index contributed by atoms with van der Waals surface area (Å²) in [5.41, 5.74) is 2.67. The van der Waals surface area contributed by atoms with Crippen molar-refractivity contribution in [3.8, 4) is 0 Å². The molecule has 0 bridgehead atoms. The molecule has 1 saturated carbocycles. The Morgan fingerprint density at radius 2 is 1.77 bits per heavy atom. The van der Waals surface area contributed by atoms with Gasteiger partial charge in [0.1, 0.15) is 0 Å². The fourth-order valence-electron chi connectivity index (χ4n) is 5.17. The highest BCUT2D eigenvalue weighted by atomic mass is 16.2. The predicted molar refractivity (Wildman–Crippen MR) is 106 cm³/mol. The molecule has 1 aliphatic carbocycles. The van der Waals surface area contributed by atoms with Crippen LogP contribution in [0.25, 0.3) is 0 Å². The average Bonchev–Trinajstić information content (AvgIpc) is 2.99. The molecule has 0 radical (unpaired) electrons. The number of nitrogens with zero attached hydrogens (tertiary/aromatic N) is 2. The number of benzene rings is 1. The number of rotatable bonds is 5. The van der Waals surface area contributed by atoms with Gasteiger partial charge < -0.3 is 10.2 Å². The molecule has 2 heterocycles. The standard InChI is InChI=1S/C22H33N3O/c1-17-8-10-18(11-9-17)25-15-13-24(14-16-25)12-4-6-20-19-5-2-3-7-21(19)23-22(20)26/h8-11,19-21H,2-7,12-16H2,1H3,(H,23,26)/t19-,20?,21+/m0/s1. The summed E-state index contributed by atoms with van der Waals surface area (Å²) in [7, 11) is 0. The van der Waals surface area contributed by atoms with E-state index in [0.29, 0.717) is 17.9 Å². The minimum atomic E-state index is 0.286. The molecule has 142 valence electrons. The lowest BCUT2D eigenvalue weighted by atomic mass is 9.78. The van der Waals surface area contributed by atoms with E-state index in [1.54, 1.807) is 0 Å². The first-order valence-corrected chi connectivity index (χ1v) is 10.5. The Morgan fingerprint density at radius 1 is 1.04 bits per heavy atom. The van der Waals surface area contributed by atoms with Crippen LogP contribution in [0.15, 0.2) is 24.3 Å². The Bertz CT molecular complexity index is 606. The smallest absolute Gasteiger partial charge is 0.223 e. The van der Waals surface area contributed by atoms with Crippen LogP contribution in [0.4, 0.5) is 5.69 Å². The predicted octanol–water partition coefficient (Wildman–Crippen LogP) is 3.20. The lowest BCUT2D eigenvalue weighted by Crippen LogP contribution is -2.46. The fraction of sp³-hybridized carbons (Fsp3) is 0.682. The van der Waals surface area contributed by atoms with Crippen molar-refractivity contribution in [1.82, 2.24) is 10.2 Å². The third kappa shape index (κ3) is 3.90. The molecule has 2 aliphatic heterocycles. The van der Waals surface area contributed by atoms with Crippen molar-refractivity contribution in [3.05, 3.63) is 29.8 Å². The number of carbonyl (C=O) groups excluding carboxylic acids is 1. The summed E-state index contributed by atoms with van der Waals surface area (Å²) < 4.78 is 0. The first-order valence-electron chi connectivity index (χ1n) is 10.5. The van der Waals surface area contributed by atoms with Crippen molar-refractivity contribution < 1.29 is 4.79 Å². The van der Waals surface area contributed by atoms with Crippen LogP contribution in [0.5, 0.6) is 0 Å². The topological polar surface area (TPSA) is 35.6 Å². The maximum absolute atomic E-state index is 12.3. The first kappa shape index (κ1) is 17.8. The zero-order chi connectivity index (χ0) is 17.9. The SMILES string of the molecule is Cc1ccc(N2CCN(CCCC3C(=O)N[C@@H]4CCCC[C@@H]34)CC2)cc1. The van der Waals surface area contributed by atoms with Crippen LogP contribution in [-0.4, -0.2) is 49.6 Å². The van der Waals surface area contributed by atoms with Gasteiger partial charge in [-0.25, -0.2) is 0 Å². The summed E-state index contributed by atoms with van der Waals surface area (Å²) in [4.78, 5) is 17.4. The van der Waals surface area contributed by atoms with Gasteiger partial charge in [-0.1, -0.05) is 30.5 Å². The monoisotopic (exact) mass is 355 g/mol. The van der Waals surface area contributed by atoms with E-state index >= 15 is 0 Å². The molecule has 2 saturated heterocycles. The van der Waals surface area contributed by atoms with E-state index in [0.717, 1.165) is 45.6 Å². The largest absolute Gasteiger partial charge is 0.369 e. The maximum Gasteiger partial charge on any atom is 0.223 e. The van der Waals surface area contributed by atoms with E-state index in [1.165, 1.54) is 36.9 Å². The third-order valence-corrected chi connectivity index (χ3v) is 6.76. The summed E-state index contributed by atoms with van der Waals surface area (Å²) >= 11 is 0. The minimum Gasteiger partial charge on any atom is -0.369 e. The minimum absolute atomic E-state index is 0.286. The van der Waals surface area contributed by atoms with Crippen molar-refractivity contribution in [2.45, 2.75) is 51.5 Å². The number of anilines is 1. The van der Waals surface area contributed by atoms with Gasteiger partial charge in [0.05, 0.1) is 0 Å². The molecule has 4 heteroatoms. The molecule has 1 amide bonds. The van der Waals surface area contributed by atoms with Crippen molar-refractivity contribution in [1.29, 1.82) is 0 Å². The number of amides is 1. The van der Waals surface area contributed by atoms with Crippen LogP contribution in [0.1, 0.15) is 44.1 Å². The van der Waals surface area contributed by atoms with Crippen LogP contribution >= 0.6 is 0 Å².